The lowest BCUT2D eigenvalue weighted by Crippen LogP contribution is -2.48. The molecule has 1 aliphatic heterocycles. The molecule has 2 aliphatic rings. The Morgan fingerprint density at radius 3 is 2.35 bits per heavy atom. The lowest BCUT2D eigenvalue weighted by Gasteiger charge is -2.40. The van der Waals surface area contributed by atoms with E-state index in [1.807, 2.05) is 0 Å². The smallest absolute Gasteiger partial charge is 0.0805 e. The van der Waals surface area contributed by atoms with Crippen LogP contribution in [0.5, 0.6) is 0 Å². The Labute approximate surface area is 124 Å². The molecule has 1 heterocycles. The third kappa shape index (κ3) is 4.42. The van der Waals surface area contributed by atoms with Gasteiger partial charge in [0.15, 0.2) is 0 Å². The van der Waals surface area contributed by atoms with Gasteiger partial charge in [-0.1, -0.05) is 13.3 Å². The van der Waals surface area contributed by atoms with Crippen LogP contribution in [0.2, 0.25) is 0 Å². The van der Waals surface area contributed by atoms with E-state index in [0.717, 1.165) is 31.9 Å². The Bertz CT molecular complexity index is 269. The van der Waals surface area contributed by atoms with Crippen LogP contribution in [-0.4, -0.2) is 68.3 Å². The Hall–Kier alpha value is -0.160. The van der Waals surface area contributed by atoms with Gasteiger partial charge in [0.05, 0.1) is 12.2 Å². The molecule has 0 unspecified atom stereocenters. The summed E-state index contributed by atoms with van der Waals surface area (Å²) in [6.07, 6.45) is 6.21. The first kappa shape index (κ1) is 16.2. The van der Waals surface area contributed by atoms with E-state index in [1.165, 1.54) is 45.4 Å². The Kier molecular flexibility index (Phi) is 6.27. The van der Waals surface area contributed by atoms with Gasteiger partial charge < -0.3 is 15.4 Å². The fraction of sp³-hybridized carbons (Fsp3) is 1.00. The largest absolute Gasteiger partial charge is 0.372 e. The number of nitrogens with zero attached hydrogens (tertiary/aromatic N) is 2. The number of ether oxygens (including phenoxy) is 1. The minimum absolute atomic E-state index is 0.0156. The van der Waals surface area contributed by atoms with Gasteiger partial charge in [-0.2, -0.15) is 0 Å². The lowest BCUT2D eigenvalue weighted by molar-refractivity contribution is -0.0782. The summed E-state index contributed by atoms with van der Waals surface area (Å²) in [4.78, 5) is 4.91. The van der Waals surface area contributed by atoms with Crippen molar-refractivity contribution in [3.05, 3.63) is 0 Å². The van der Waals surface area contributed by atoms with Crippen LogP contribution in [-0.2, 0) is 4.74 Å². The third-order valence-electron chi connectivity index (χ3n) is 5.38. The van der Waals surface area contributed by atoms with Crippen LogP contribution >= 0.6 is 0 Å². The molecule has 20 heavy (non-hydrogen) atoms. The molecule has 118 valence electrons. The van der Waals surface area contributed by atoms with Crippen LogP contribution in [0.1, 0.15) is 39.0 Å². The molecule has 4 heteroatoms. The predicted molar refractivity (Wildman–Crippen MR) is 83.9 cm³/mol. The molecular formula is C16H33N3O. The molecule has 0 aromatic heterocycles. The fourth-order valence-electron chi connectivity index (χ4n) is 3.48. The Balaban J connectivity index is 1.69. The molecule has 0 spiro atoms. The van der Waals surface area contributed by atoms with Gasteiger partial charge in [-0.25, -0.2) is 0 Å². The summed E-state index contributed by atoms with van der Waals surface area (Å²) in [5.74, 6) is 0.899. The molecule has 1 aliphatic carbocycles. The molecule has 1 saturated carbocycles. The summed E-state index contributed by atoms with van der Waals surface area (Å²) < 4.78 is 6.26. The highest BCUT2D eigenvalue weighted by Gasteiger charge is 2.34. The maximum Gasteiger partial charge on any atom is 0.0805 e. The van der Waals surface area contributed by atoms with Crippen molar-refractivity contribution in [2.45, 2.75) is 44.6 Å². The normalized spacial score (nSPS) is 33.5. The number of hydrogen-bond acceptors (Lipinski definition) is 4. The SMILES string of the molecule is CCC1CCC(CN)(OCCN2CCN(C)CC2)CC1. The zero-order chi connectivity index (χ0) is 14.4. The van der Waals surface area contributed by atoms with Crippen molar-refractivity contribution in [2.24, 2.45) is 11.7 Å². The van der Waals surface area contributed by atoms with Crippen molar-refractivity contribution < 1.29 is 4.74 Å². The van der Waals surface area contributed by atoms with Gasteiger partial charge in [-0.15, -0.1) is 0 Å². The Morgan fingerprint density at radius 2 is 1.80 bits per heavy atom. The maximum absolute atomic E-state index is 6.26. The van der Waals surface area contributed by atoms with Gasteiger partial charge in [0.1, 0.15) is 0 Å². The zero-order valence-electron chi connectivity index (χ0n) is 13.4. The number of hydrogen-bond donors (Lipinski definition) is 1. The minimum atomic E-state index is -0.0156. The highest BCUT2D eigenvalue weighted by Crippen LogP contribution is 2.35. The quantitative estimate of drug-likeness (QED) is 0.803. The van der Waals surface area contributed by atoms with Crippen molar-refractivity contribution in [1.29, 1.82) is 0 Å². The summed E-state index contributed by atoms with van der Waals surface area (Å²) in [7, 11) is 2.20. The molecule has 0 bridgehead atoms. The molecule has 1 saturated heterocycles. The number of rotatable bonds is 6. The number of piperazine rings is 1. The van der Waals surface area contributed by atoms with Crippen molar-refractivity contribution in [1.82, 2.24) is 9.80 Å². The molecule has 0 aromatic carbocycles. The van der Waals surface area contributed by atoms with Gasteiger partial charge >= 0.3 is 0 Å². The molecule has 2 fully saturated rings. The Morgan fingerprint density at radius 1 is 1.15 bits per heavy atom. The average molecular weight is 283 g/mol. The summed E-state index contributed by atoms with van der Waals surface area (Å²) >= 11 is 0. The van der Waals surface area contributed by atoms with Crippen LogP contribution in [0, 0.1) is 5.92 Å². The van der Waals surface area contributed by atoms with E-state index < -0.39 is 0 Å². The molecule has 0 aromatic rings. The highest BCUT2D eigenvalue weighted by molar-refractivity contribution is 4.88. The van der Waals surface area contributed by atoms with E-state index in [9.17, 15) is 0 Å². The standard InChI is InChI=1S/C16H33N3O/c1-3-15-4-6-16(14-17,7-5-15)20-13-12-19-10-8-18(2)9-11-19/h15H,3-14,17H2,1-2H3. The van der Waals surface area contributed by atoms with Crippen molar-refractivity contribution in [3.8, 4) is 0 Å². The van der Waals surface area contributed by atoms with E-state index in [2.05, 4.69) is 23.8 Å². The predicted octanol–water partition coefficient (Wildman–Crippen LogP) is 1.55. The second kappa shape index (κ2) is 7.74. The second-order valence-corrected chi connectivity index (χ2v) is 6.73. The van der Waals surface area contributed by atoms with Gasteiger partial charge in [-0.05, 0) is 38.6 Å². The molecule has 0 amide bonds. The summed E-state index contributed by atoms with van der Waals surface area (Å²) in [6.45, 7) is 9.60. The van der Waals surface area contributed by atoms with E-state index in [4.69, 9.17) is 10.5 Å². The van der Waals surface area contributed by atoms with Crippen LogP contribution in [0.4, 0.5) is 0 Å². The number of nitrogens with two attached hydrogens (primary N) is 1. The van der Waals surface area contributed by atoms with E-state index >= 15 is 0 Å². The van der Waals surface area contributed by atoms with E-state index in [1.54, 1.807) is 0 Å². The fourth-order valence-corrected chi connectivity index (χ4v) is 3.48. The molecule has 2 rings (SSSR count). The molecule has 0 atom stereocenters. The monoisotopic (exact) mass is 283 g/mol. The van der Waals surface area contributed by atoms with Gasteiger partial charge in [0.25, 0.3) is 0 Å². The lowest BCUT2D eigenvalue weighted by atomic mass is 9.77. The minimum Gasteiger partial charge on any atom is -0.372 e. The third-order valence-corrected chi connectivity index (χ3v) is 5.38. The first-order chi connectivity index (χ1) is 9.67. The first-order valence-corrected chi connectivity index (χ1v) is 8.42. The van der Waals surface area contributed by atoms with Crippen molar-refractivity contribution >= 4 is 0 Å². The van der Waals surface area contributed by atoms with Gasteiger partial charge in [0, 0.05) is 39.3 Å². The molecule has 4 nitrogen and oxygen atoms in total. The summed E-state index contributed by atoms with van der Waals surface area (Å²) in [5.41, 5.74) is 6.00. The number of likely N-dealkylation sites (N-methyl/N-ethyl adjacent to an activating group) is 1. The van der Waals surface area contributed by atoms with E-state index in [-0.39, 0.29) is 5.60 Å². The maximum atomic E-state index is 6.26. The highest BCUT2D eigenvalue weighted by atomic mass is 16.5. The average Bonchev–Trinajstić information content (AvgIpc) is 2.50. The van der Waals surface area contributed by atoms with Crippen LogP contribution in [0.15, 0.2) is 0 Å². The first-order valence-electron chi connectivity index (χ1n) is 8.42. The molecule has 0 radical (unpaired) electrons. The molecular weight excluding hydrogens is 250 g/mol. The van der Waals surface area contributed by atoms with Crippen molar-refractivity contribution in [2.75, 3.05) is 52.9 Å². The zero-order valence-corrected chi connectivity index (χ0v) is 13.4. The van der Waals surface area contributed by atoms with Crippen LogP contribution in [0.25, 0.3) is 0 Å². The second-order valence-electron chi connectivity index (χ2n) is 6.73. The van der Waals surface area contributed by atoms with Crippen LogP contribution in [0.3, 0.4) is 0 Å². The van der Waals surface area contributed by atoms with Gasteiger partial charge in [0.2, 0.25) is 0 Å². The van der Waals surface area contributed by atoms with E-state index in [0.29, 0.717) is 6.54 Å². The summed E-state index contributed by atoms with van der Waals surface area (Å²) in [5, 5.41) is 0. The molecule has 2 N–H and O–H groups in total. The van der Waals surface area contributed by atoms with Gasteiger partial charge in [-0.3, -0.25) is 4.90 Å². The van der Waals surface area contributed by atoms with Crippen molar-refractivity contribution in [3.63, 3.8) is 0 Å². The summed E-state index contributed by atoms with van der Waals surface area (Å²) in [6, 6.07) is 0. The van der Waals surface area contributed by atoms with Crippen LogP contribution < -0.4 is 5.73 Å². The topological polar surface area (TPSA) is 41.7 Å².